The van der Waals surface area contributed by atoms with Gasteiger partial charge in [0.2, 0.25) is 5.91 Å². The number of hydrogen-bond acceptors (Lipinski definition) is 3. The van der Waals surface area contributed by atoms with Crippen molar-refractivity contribution in [1.82, 2.24) is 5.32 Å². The zero-order chi connectivity index (χ0) is 14.7. The van der Waals surface area contributed by atoms with E-state index in [1.165, 1.54) is 12.1 Å². The number of amides is 1. The maximum Gasteiger partial charge on any atom is 0.224 e. The highest BCUT2D eigenvalue weighted by atomic mass is 19.2. The van der Waals surface area contributed by atoms with E-state index in [1.807, 2.05) is 6.92 Å². The van der Waals surface area contributed by atoms with Crippen LogP contribution >= 0.6 is 0 Å². The molecule has 0 heterocycles. The lowest BCUT2D eigenvalue weighted by Crippen LogP contribution is -2.65. The lowest BCUT2D eigenvalue weighted by atomic mass is 9.83. The third-order valence-corrected chi connectivity index (χ3v) is 3.46. The molecule has 3 atom stereocenters. The number of carbonyl (C=O) groups is 1. The topological polar surface area (TPSA) is 64.3 Å². The Bertz CT molecular complexity index is 494. The van der Waals surface area contributed by atoms with Gasteiger partial charge in [-0.1, -0.05) is 12.1 Å². The summed E-state index contributed by atoms with van der Waals surface area (Å²) in [5.74, 6) is -2.33. The zero-order valence-corrected chi connectivity index (χ0v) is 11.2. The van der Waals surface area contributed by atoms with Crippen LogP contribution in [0.5, 0.6) is 0 Å². The number of benzene rings is 1. The van der Waals surface area contributed by atoms with Crippen LogP contribution in [0.15, 0.2) is 18.2 Å². The van der Waals surface area contributed by atoms with Crippen LogP contribution in [0.1, 0.15) is 18.9 Å². The maximum absolute atomic E-state index is 13.5. The summed E-state index contributed by atoms with van der Waals surface area (Å²) in [6, 6.07) is 3.36. The van der Waals surface area contributed by atoms with Crippen molar-refractivity contribution in [2.75, 3.05) is 6.61 Å². The lowest BCUT2D eigenvalue weighted by Gasteiger charge is -2.42. The van der Waals surface area contributed by atoms with Crippen molar-refractivity contribution in [3.8, 4) is 0 Å². The SMILES string of the molecule is CCOC1CC(N)C1NC(=O)Cc1cccc(F)c1F. The smallest absolute Gasteiger partial charge is 0.224 e. The first kappa shape index (κ1) is 14.9. The van der Waals surface area contributed by atoms with Gasteiger partial charge < -0.3 is 15.8 Å². The quantitative estimate of drug-likeness (QED) is 0.852. The largest absolute Gasteiger partial charge is 0.376 e. The van der Waals surface area contributed by atoms with E-state index in [1.54, 1.807) is 0 Å². The van der Waals surface area contributed by atoms with E-state index in [9.17, 15) is 13.6 Å². The number of carbonyl (C=O) groups excluding carboxylic acids is 1. The highest BCUT2D eigenvalue weighted by Crippen LogP contribution is 2.22. The molecule has 6 heteroatoms. The van der Waals surface area contributed by atoms with Gasteiger partial charge in [0.1, 0.15) is 0 Å². The van der Waals surface area contributed by atoms with E-state index in [0.717, 1.165) is 6.07 Å². The Morgan fingerprint density at radius 2 is 2.25 bits per heavy atom. The number of nitrogens with two attached hydrogens (primary N) is 1. The normalized spacial score (nSPS) is 25.1. The molecule has 0 spiro atoms. The summed E-state index contributed by atoms with van der Waals surface area (Å²) in [5, 5.41) is 2.72. The number of halogens is 2. The van der Waals surface area contributed by atoms with Crippen molar-refractivity contribution < 1.29 is 18.3 Å². The van der Waals surface area contributed by atoms with E-state index in [0.29, 0.717) is 13.0 Å². The molecule has 0 bridgehead atoms. The fourth-order valence-corrected chi connectivity index (χ4v) is 2.32. The molecule has 1 aromatic rings. The van der Waals surface area contributed by atoms with Gasteiger partial charge in [-0.2, -0.15) is 0 Å². The van der Waals surface area contributed by atoms with Gasteiger partial charge >= 0.3 is 0 Å². The van der Waals surface area contributed by atoms with Crippen LogP contribution in [0.25, 0.3) is 0 Å². The van der Waals surface area contributed by atoms with Gasteiger partial charge in [-0.15, -0.1) is 0 Å². The molecule has 0 saturated heterocycles. The molecule has 110 valence electrons. The molecule has 1 aromatic carbocycles. The molecule has 3 N–H and O–H groups in total. The third-order valence-electron chi connectivity index (χ3n) is 3.46. The van der Waals surface area contributed by atoms with E-state index in [-0.39, 0.29) is 36.1 Å². The third kappa shape index (κ3) is 3.13. The Morgan fingerprint density at radius 3 is 2.90 bits per heavy atom. The average molecular weight is 284 g/mol. The molecule has 4 nitrogen and oxygen atoms in total. The van der Waals surface area contributed by atoms with Gasteiger partial charge in [-0.05, 0) is 19.4 Å². The van der Waals surface area contributed by atoms with Gasteiger partial charge in [0.05, 0.1) is 18.6 Å². The van der Waals surface area contributed by atoms with Crippen molar-refractivity contribution in [1.29, 1.82) is 0 Å². The molecule has 1 aliphatic carbocycles. The average Bonchev–Trinajstić information content (AvgIpc) is 2.41. The minimum absolute atomic E-state index is 0.0309. The Labute approximate surface area is 116 Å². The first-order chi connectivity index (χ1) is 9.52. The number of rotatable bonds is 5. The Morgan fingerprint density at radius 1 is 1.50 bits per heavy atom. The van der Waals surface area contributed by atoms with Crippen molar-refractivity contribution >= 4 is 5.91 Å². The van der Waals surface area contributed by atoms with Gasteiger partial charge in [-0.3, -0.25) is 4.79 Å². The second-order valence-corrected chi connectivity index (χ2v) is 4.88. The molecule has 0 aromatic heterocycles. The predicted octanol–water partition coefficient (Wildman–Crippen LogP) is 1.13. The molecule has 2 rings (SSSR count). The van der Waals surface area contributed by atoms with Crippen LogP contribution < -0.4 is 11.1 Å². The first-order valence-corrected chi connectivity index (χ1v) is 6.62. The summed E-state index contributed by atoms with van der Waals surface area (Å²) in [6.45, 7) is 2.41. The van der Waals surface area contributed by atoms with E-state index in [2.05, 4.69) is 5.32 Å². The van der Waals surface area contributed by atoms with Crippen LogP contribution in [0.3, 0.4) is 0 Å². The highest BCUT2D eigenvalue weighted by molar-refractivity contribution is 5.79. The van der Waals surface area contributed by atoms with Gasteiger partial charge in [0, 0.05) is 18.2 Å². The summed E-state index contributed by atoms with van der Waals surface area (Å²) in [4.78, 5) is 11.9. The summed E-state index contributed by atoms with van der Waals surface area (Å²) in [7, 11) is 0. The first-order valence-electron chi connectivity index (χ1n) is 6.62. The Hall–Kier alpha value is -1.53. The molecule has 1 amide bonds. The Kier molecular flexibility index (Phi) is 4.67. The number of hydrogen-bond donors (Lipinski definition) is 2. The lowest BCUT2D eigenvalue weighted by molar-refractivity contribution is -0.125. The summed E-state index contributed by atoms with van der Waals surface area (Å²) < 4.78 is 31.9. The van der Waals surface area contributed by atoms with Crippen LogP contribution in [0.4, 0.5) is 8.78 Å². The number of ether oxygens (including phenoxy) is 1. The standard InChI is InChI=1S/C14H18F2N2O2/c1-2-20-11-7-10(17)14(11)18-12(19)6-8-4-3-5-9(15)13(8)16/h3-5,10-11,14H,2,6-7,17H2,1H3,(H,18,19). The molecule has 20 heavy (non-hydrogen) atoms. The van der Waals surface area contributed by atoms with Crippen molar-refractivity contribution in [2.24, 2.45) is 5.73 Å². The van der Waals surface area contributed by atoms with E-state index in [4.69, 9.17) is 10.5 Å². The van der Waals surface area contributed by atoms with Crippen molar-refractivity contribution in [2.45, 2.75) is 38.0 Å². The van der Waals surface area contributed by atoms with Crippen molar-refractivity contribution in [3.05, 3.63) is 35.4 Å². The molecule has 1 aliphatic rings. The zero-order valence-electron chi connectivity index (χ0n) is 11.2. The van der Waals surface area contributed by atoms with Crippen LogP contribution in [0.2, 0.25) is 0 Å². The fraction of sp³-hybridized carbons (Fsp3) is 0.500. The molecular weight excluding hydrogens is 266 g/mol. The molecule has 1 saturated carbocycles. The van der Waals surface area contributed by atoms with Crippen molar-refractivity contribution in [3.63, 3.8) is 0 Å². The summed E-state index contributed by atoms with van der Waals surface area (Å²) >= 11 is 0. The summed E-state index contributed by atoms with van der Waals surface area (Å²) in [5.41, 5.74) is 5.84. The molecule has 0 radical (unpaired) electrons. The molecular formula is C14H18F2N2O2. The summed E-state index contributed by atoms with van der Waals surface area (Å²) in [6.07, 6.45) is 0.370. The maximum atomic E-state index is 13.5. The minimum atomic E-state index is -0.984. The highest BCUT2D eigenvalue weighted by Gasteiger charge is 2.40. The second-order valence-electron chi connectivity index (χ2n) is 4.88. The van der Waals surface area contributed by atoms with Crippen LogP contribution in [0, 0.1) is 11.6 Å². The van der Waals surface area contributed by atoms with E-state index >= 15 is 0 Å². The van der Waals surface area contributed by atoms with Crippen LogP contribution in [-0.4, -0.2) is 30.7 Å². The second kappa shape index (κ2) is 6.28. The molecule has 1 fully saturated rings. The number of nitrogens with one attached hydrogen (secondary N) is 1. The predicted molar refractivity (Wildman–Crippen MR) is 70.0 cm³/mol. The Balaban J connectivity index is 1.94. The molecule has 0 aliphatic heterocycles. The minimum Gasteiger partial charge on any atom is -0.376 e. The van der Waals surface area contributed by atoms with Crippen LogP contribution in [-0.2, 0) is 16.0 Å². The fourth-order valence-electron chi connectivity index (χ4n) is 2.32. The monoisotopic (exact) mass is 284 g/mol. The van der Waals surface area contributed by atoms with Gasteiger partial charge in [0.25, 0.3) is 0 Å². The van der Waals surface area contributed by atoms with Gasteiger partial charge in [0.15, 0.2) is 11.6 Å². The van der Waals surface area contributed by atoms with Gasteiger partial charge in [-0.25, -0.2) is 8.78 Å². The molecule has 3 unspecified atom stereocenters. The van der Waals surface area contributed by atoms with E-state index < -0.39 is 11.6 Å².